The second-order valence-electron chi connectivity index (χ2n) is 6.46. The van der Waals surface area contributed by atoms with Crippen LogP contribution in [0.15, 0.2) is 48.5 Å². The van der Waals surface area contributed by atoms with E-state index >= 15 is 0 Å². The number of rotatable bonds is 5. The van der Waals surface area contributed by atoms with Gasteiger partial charge < -0.3 is 10.2 Å². The summed E-state index contributed by atoms with van der Waals surface area (Å²) in [5.41, 5.74) is 2.22. The molecular weight excluding hydrogens is 369 g/mol. The number of nitrogens with zero attached hydrogens (tertiary/aromatic N) is 2. The smallest absolute Gasteiger partial charge is 0.317 e. The van der Waals surface area contributed by atoms with Crippen LogP contribution in [0.25, 0.3) is 0 Å². The number of urea groups is 1. The van der Waals surface area contributed by atoms with Crippen molar-refractivity contribution in [3.63, 3.8) is 0 Å². The summed E-state index contributed by atoms with van der Waals surface area (Å²) in [5.74, 6) is 0. The van der Waals surface area contributed by atoms with Gasteiger partial charge in [-0.3, -0.25) is 4.90 Å². The highest BCUT2D eigenvalue weighted by Gasteiger charge is 2.20. The van der Waals surface area contributed by atoms with Crippen LogP contribution in [-0.4, -0.2) is 48.6 Å². The fourth-order valence-corrected chi connectivity index (χ4v) is 3.57. The summed E-state index contributed by atoms with van der Waals surface area (Å²) >= 11 is 12.2. The third-order valence-electron chi connectivity index (χ3n) is 4.66. The normalized spacial score (nSPS) is 15.1. The maximum atomic E-state index is 12.3. The Balaban J connectivity index is 1.40. The summed E-state index contributed by atoms with van der Waals surface area (Å²) < 4.78 is 0. The molecule has 2 aromatic carbocycles. The summed E-state index contributed by atoms with van der Waals surface area (Å²) in [6, 6.07) is 15.6. The van der Waals surface area contributed by atoms with Gasteiger partial charge in [0.2, 0.25) is 0 Å². The lowest BCUT2D eigenvalue weighted by atomic mass is 10.1. The molecule has 0 aromatic heterocycles. The molecule has 4 nitrogen and oxygen atoms in total. The van der Waals surface area contributed by atoms with E-state index in [9.17, 15) is 4.79 Å². The molecule has 0 saturated carbocycles. The molecule has 6 heteroatoms. The largest absolute Gasteiger partial charge is 0.334 e. The molecule has 1 aliphatic rings. The van der Waals surface area contributed by atoms with Gasteiger partial charge in [0.25, 0.3) is 0 Å². The van der Waals surface area contributed by atoms with Gasteiger partial charge in [-0.1, -0.05) is 59.6 Å². The second-order valence-corrected chi connectivity index (χ2v) is 7.30. The van der Waals surface area contributed by atoms with Crippen molar-refractivity contribution in [1.29, 1.82) is 0 Å². The van der Waals surface area contributed by atoms with E-state index in [4.69, 9.17) is 23.2 Å². The fraction of sp³-hybridized carbons (Fsp3) is 0.350. The van der Waals surface area contributed by atoms with Gasteiger partial charge in [-0.2, -0.15) is 0 Å². The molecule has 26 heavy (non-hydrogen) atoms. The van der Waals surface area contributed by atoms with Crippen LogP contribution in [0, 0.1) is 0 Å². The van der Waals surface area contributed by atoms with Crippen molar-refractivity contribution in [1.82, 2.24) is 15.1 Å². The topological polar surface area (TPSA) is 35.6 Å². The number of benzene rings is 2. The van der Waals surface area contributed by atoms with E-state index in [1.54, 1.807) is 6.07 Å². The molecule has 3 rings (SSSR count). The van der Waals surface area contributed by atoms with Crippen LogP contribution in [0.2, 0.25) is 10.0 Å². The zero-order valence-corrected chi connectivity index (χ0v) is 16.1. The first kappa shape index (κ1) is 19.0. The SMILES string of the molecule is O=C(NCc1ccccc1)N1CCN(CCc2ccc(Cl)cc2Cl)CC1. The van der Waals surface area contributed by atoms with Crippen molar-refractivity contribution in [3.8, 4) is 0 Å². The molecule has 2 aromatic rings. The van der Waals surface area contributed by atoms with E-state index in [0.29, 0.717) is 11.6 Å². The van der Waals surface area contributed by atoms with Crippen LogP contribution < -0.4 is 5.32 Å². The summed E-state index contributed by atoms with van der Waals surface area (Å²) in [4.78, 5) is 16.6. The molecule has 1 heterocycles. The van der Waals surface area contributed by atoms with Crippen LogP contribution in [0.1, 0.15) is 11.1 Å². The van der Waals surface area contributed by atoms with Crippen LogP contribution in [0.5, 0.6) is 0 Å². The molecule has 0 spiro atoms. The third kappa shape index (κ3) is 5.37. The second kappa shape index (κ2) is 9.26. The number of amides is 2. The Labute approximate surface area is 164 Å². The molecule has 1 saturated heterocycles. The van der Waals surface area contributed by atoms with Gasteiger partial charge in [-0.05, 0) is 29.7 Å². The van der Waals surface area contributed by atoms with E-state index < -0.39 is 0 Å². The highest BCUT2D eigenvalue weighted by Crippen LogP contribution is 2.21. The van der Waals surface area contributed by atoms with E-state index in [2.05, 4.69) is 10.2 Å². The average Bonchev–Trinajstić information content (AvgIpc) is 2.67. The van der Waals surface area contributed by atoms with E-state index in [1.165, 1.54) is 0 Å². The van der Waals surface area contributed by atoms with Crippen molar-refractivity contribution < 1.29 is 4.79 Å². The van der Waals surface area contributed by atoms with Crippen molar-refractivity contribution in [2.24, 2.45) is 0 Å². The van der Waals surface area contributed by atoms with E-state index in [1.807, 2.05) is 47.4 Å². The Bertz CT molecular complexity index is 731. The lowest BCUT2D eigenvalue weighted by Gasteiger charge is -2.34. The minimum absolute atomic E-state index is 0.00856. The highest BCUT2D eigenvalue weighted by atomic mass is 35.5. The van der Waals surface area contributed by atoms with Crippen LogP contribution in [0.3, 0.4) is 0 Å². The third-order valence-corrected chi connectivity index (χ3v) is 5.25. The predicted octanol–water partition coefficient (Wildman–Crippen LogP) is 4.06. The molecule has 2 amide bonds. The number of carbonyl (C=O) groups is 1. The molecule has 0 aliphatic carbocycles. The molecule has 1 fully saturated rings. The zero-order chi connectivity index (χ0) is 18.4. The first-order chi connectivity index (χ1) is 12.6. The van der Waals surface area contributed by atoms with Gasteiger partial charge in [0.05, 0.1) is 0 Å². The van der Waals surface area contributed by atoms with Gasteiger partial charge >= 0.3 is 6.03 Å². The first-order valence-electron chi connectivity index (χ1n) is 8.85. The number of hydrogen-bond acceptors (Lipinski definition) is 2. The minimum atomic E-state index is 0.00856. The standard InChI is InChI=1S/C20H23Cl2N3O/c21-18-7-6-17(19(22)14-18)8-9-24-10-12-25(13-11-24)20(26)23-15-16-4-2-1-3-5-16/h1-7,14H,8-13,15H2,(H,23,26). The van der Waals surface area contributed by atoms with Crippen molar-refractivity contribution in [3.05, 3.63) is 69.7 Å². The van der Waals surface area contributed by atoms with Crippen molar-refractivity contribution in [2.45, 2.75) is 13.0 Å². The maximum absolute atomic E-state index is 12.3. The molecule has 0 atom stereocenters. The molecule has 0 unspecified atom stereocenters. The summed E-state index contributed by atoms with van der Waals surface area (Å²) in [6.45, 7) is 4.74. The van der Waals surface area contributed by atoms with Gasteiger partial charge in [0.15, 0.2) is 0 Å². The summed E-state index contributed by atoms with van der Waals surface area (Å²) in [6.07, 6.45) is 0.885. The molecule has 0 bridgehead atoms. The Hall–Kier alpha value is -1.75. The average molecular weight is 392 g/mol. The number of hydrogen-bond donors (Lipinski definition) is 1. The molecule has 138 valence electrons. The van der Waals surface area contributed by atoms with Gasteiger partial charge in [-0.15, -0.1) is 0 Å². The predicted molar refractivity (Wildman–Crippen MR) is 107 cm³/mol. The zero-order valence-electron chi connectivity index (χ0n) is 14.6. The first-order valence-corrected chi connectivity index (χ1v) is 9.60. The molecular formula is C20H23Cl2N3O. The number of halogens is 2. The Morgan fingerprint density at radius 3 is 2.42 bits per heavy atom. The lowest BCUT2D eigenvalue weighted by molar-refractivity contribution is 0.140. The molecule has 0 radical (unpaired) electrons. The summed E-state index contributed by atoms with van der Waals surface area (Å²) in [7, 11) is 0. The Morgan fingerprint density at radius 2 is 1.73 bits per heavy atom. The van der Waals surface area contributed by atoms with Crippen LogP contribution >= 0.6 is 23.2 Å². The number of nitrogens with one attached hydrogen (secondary N) is 1. The Morgan fingerprint density at radius 1 is 1.00 bits per heavy atom. The number of carbonyl (C=O) groups excluding carboxylic acids is 1. The van der Waals surface area contributed by atoms with Gasteiger partial charge in [0.1, 0.15) is 0 Å². The monoisotopic (exact) mass is 391 g/mol. The van der Waals surface area contributed by atoms with Gasteiger partial charge in [0, 0.05) is 49.3 Å². The number of piperazine rings is 1. The summed E-state index contributed by atoms with van der Waals surface area (Å²) in [5, 5.41) is 4.37. The Kier molecular flexibility index (Phi) is 6.78. The molecule has 1 N–H and O–H groups in total. The van der Waals surface area contributed by atoms with Crippen LogP contribution in [0.4, 0.5) is 4.79 Å². The highest BCUT2D eigenvalue weighted by molar-refractivity contribution is 6.35. The lowest BCUT2D eigenvalue weighted by Crippen LogP contribution is -2.51. The van der Waals surface area contributed by atoms with Crippen molar-refractivity contribution >= 4 is 29.2 Å². The fourth-order valence-electron chi connectivity index (χ4n) is 3.06. The molecule has 1 aliphatic heterocycles. The van der Waals surface area contributed by atoms with Gasteiger partial charge in [-0.25, -0.2) is 4.79 Å². The van der Waals surface area contributed by atoms with Crippen molar-refractivity contribution in [2.75, 3.05) is 32.7 Å². The van der Waals surface area contributed by atoms with Crippen LogP contribution in [-0.2, 0) is 13.0 Å². The van der Waals surface area contributed by atoms with E-state index in [0.717, 1.165) is 55.3 Å². The quantitative estimate of drug-likeness (QED) is 0.833. The maximum Gasteiger partial charge on any atom is 0.317 e. The minimum Gasteiger partial charge on any atom is -0.334 e. The van der Waals surface area contributed by atoms with E-state index in [-0.39, 0.29) is 6.03 Å².